The highest BCUT2D eigenvalue weighted by Gasteiger charge is 2.31. The summed E-state index contributed by atoms with van der Waals surface area (Å²) in [5, 5.41) is 24.4. The van der Waals surface area contributed by atoms with Gasteiger partial charge in [-0.25, -0.2) is 0 Å². The summed E-state index contributed by atoms with van der Waals surface area (Å²) in [5.41, 5.74) is 11.3. The number of nitrogens with one attached hydrogen (secondary N) is 2. The second-order valence-electron chi connectivity index (χ2n) is 10.8. The monoisotopic (exact) mass is 640 g/mol. The van der Waals surface area contributed by atoms with E-state index in [0.29, 0.717) is 25.7 Å². The lowest BCUT2D eigenvalue weighted by atomic mass is 9.91. The van der Waals surface area contributed by atoms with Gasteiger partial charge in [-0.05, 0) is 49.9 Å². The van der Waals surface area contributed by atoms with Gasteiger partial charge in [0.05, 0.1) is 13.2 Å². The van der Waals surface area contributed by atoms with Gasteiger partial charge in [0, 0.05) is 50.4 Å². The Morgan fingerprint density at radius 3 is 1.37 bits per heavy atom. The topological polar surface area (TPSA) is 251 Å². The molecule has 1 aliphatic carbocycles. The molecule has 1 fully saturated rings. The summed E-state index contributed by atoms with van der Waals surface area (Å²) in [6, 6.07) is 6.18. The van der Waals surface area contributed by atoms with Crippen LogP contribution in [0.15, 0.2) is 48.8 Å². The van der Waals surface area contributed by atoms with E-state index in [1.807, 2.05) is 0 Å². The Morgan fingerprint density at radius 1 is 0.696 bits per heavy atom. The third kappa shape index (κ3) is 10.2. The molecule has 2 aromatic heterocycles. The number of pyridine rings is 2. The number of rotatable bonds is 14. The minimum atomic E-state index is -1.33. The Kier molecular flexibility index (Phi) is 13.8. The predicted octanol–water partition coefficient (Wildman–Crippen LogP) is -1.92. The Bertz CT molecular complexity index is 1250. The minimum Gasteiger partial charge on any atom is -0.394 e. The molecule has 1 aliphatic rings. The van der Waals surface area contributed by atoms with E-state index in [1.54, 1.807) is 24.3 Å². The Hall–Kier alpha value is -4.64. The number of hydrogen-bond acceptors (Lipinski definition) is 12. The van der Waals surface area contributed by atoms with Gasteiger partial charge in [0.2, 0.25) is 23.6 Å². The summed E-state index contributed by atoms with van der Waals surface area (Å²) in [6.07, 6.45) is 4.61. The van der Waals surface area contributed by atoms with Crippen LogP contribution >= 0.6 is 0 Å². The summed E-state index contributed by atoms with van der Waals surface area (Å²) in [7, 11) is 0. The molecular formula is C30H40N8O8. The van der Waals surface area contributed by atoms with E-state index < -0.39 is 48.9 Å². The molecule has 16 heteroatoms. The second-order valence-corrected chi connectivity index (χ2v) is 10.8. The van der Waals surface area contributed by atoms with E-state index in [2.05, 4.69) is 20.6 Å². The van der Waals surface area contributed by atoms with E-state index in [0.717, 1.165) is 9.80 Å². The van der Waals surface area contributed by atoms with Crippen LogP contribution in [0.4, 0.5) is 0 Å². The van der Waals surface area contributed by atoms with Crippen LogP contribution in [0.5, 0.6) is 0 Å². The first-order valence-electron chi connectivity index (χ1n) is 14.9. The summed E-state index contributed by atoms with van der Waals surface area (Å²) < 4.78 is 0. The van der Waals surface area contributed by atoms with Crippen molar-refractivity contribution in [2.24, 2.45) is 11.5 Å². The molecule has 16 nitrogen and oxygen atoms in total. The summed E-state index contributed by atoms with van der Waals surface area (Å²) in [4.78, 5) is 86.0. The molecule has 2 atom stereocenters. The first-order valence-corrected chi connectivity index (χ1v) is 14.9. The third-order valence-electron chi connectivity index (χ3n) is 7.40. The molecule has 0 unspecified atom stereocenters. The fourth-order valence-corrected chi connectivity index (χ4v) is 4.84. The van der Waals surface area contributed by atoms with Crippen LogP contribution < -0.4 is 22.1 Å². The van der Waals surface area contributed by atoms with Crippen LogP contribution in [0, 0.1) is 0 Å². The lowest BCUT2D eigenvalue weighted by Crippen LogP contribution is -2.50. The Morgan fingerprint density at radius 2 is 1.07 bits per heavy atom. The molecule has 0 aromatic carbocycles. The van der Waals surface area contributed by atoms with Gasteiger partial charge < -0.3 is 32.3 Å². The van der Waals surface area contributed by atoms with E-state index in [1.165, 1.54) is 24.5 Å². The van der Waals surface area contributed by atoms with Crippen LogP contribution in [-0.4, -0.2) is 116 Å². The normalized spacial score (nSPS) is 17.2. The highest BCUT2D eigenvalue weighted by atomic mass is 16.3. The number of aliphatic hydroxyl groups excluding tert-OH is 2. The van der Waals surface area contributed by atoms with Crippen molar-refractivity contribution in [3.63, 3.8) is 0 Å². The fourth-order valence-electron chi connectivity index (χ4n) is 4.84. The van der Waals surface area contributed by atoms with Gasteiger partial charge in [-0.2, -0.15) is 0 Å². The molecule has 0 radical (unpaired) electrons. The molecule has 248 valence electrons. The third-order valence-corrected chi connectivity index (χ3v) is 7.40. The minimum absolute atomic E-state index is 0.00499. The molecule has 46 heavy (non-hydrogen) atoms. The van der Waals surface area contributed by atoms with Gasteiger partial charge in [-0.3, -0.25) is 48.5 Å². The molecule has 1 saturated carbocycles. The van der Waals surface area contributed by atoms with Gasteiger partial charge in [-0.15, -0.1) is 0 Å². The summed E-state index contributed by atoms with van der Waals surface area (Å²) in [5.74, 6) is -3.90. The molecule has 0 bridgehead atoms. The van der Waals surface area contributed by atoms with Gasteiger partial charge in [0.15, 0.2) is 0 Å². The molecule has 0 saturated heterocycles. The quantitative estimate of drug-likeness (QED) is 0.132. The number of aliphatic hydroxyl groups is 2. The van der Waals surface area contributed by atoms with Crippen molar-refractivity contribution in [2.75, 3.05) is 26.3 Å². The van der Waals surface area contributed by atoms with Gasteiger partial charge in [0.1, 0.15) is 23.5 Å². The molecule has 0 spiro atoms. The van der Waals surface area contributed by atoms with Crippen molar-refractivity contribution in [3.8, 4) is 0 Å². The number of amides is 6. The first-order chi connectivity index (χ1) is 22.0. The zero-order valence-electron chi connectivity index (χ0n) is 25.3. The number of nitrogens with zero attached hydrogens (tertiary/aromatic N) is 4. The molecule has 0 aliphatic heterocycles. The number of hydrogen-bond donors (Lipinski definition) is 6. The zero-order chi connectivity index (χ0) is 33.6. The summed E-state index contributed by atoms with van der Waals surface area (Å²) in [6.45, 7) is -1.86. The lowest BCUT2D eigenvalue weighted by molar-refractivity contribution is -0.133. The van der Waals surface area contributed by atoms with E-state index >= 15 is 0 Å². The van der Waals surface area contributed by atoms with Crippen LogP contribution in [0.25, 0.3) is 0 Å². The highest BCUT2D eigenvalue weighted by Crippen LogP contribution is 2.19. The number of nitrogens with two attached hydrogens (primary N) is 2. The SMILES string of the molecule is N[C@@H](CO)C(=O)N(CCC(=O)NC1CCC(NC(=O)CCN(C(=O)c2ccccn2)C(=O)[C@@H](N)CO)CC1)C(=O)c1ccccn1. The molecule has 2 heterocycles. The van der Waals surface area contributed by atoms with Crippen LogP contribution in [0.1, 0.15) is 59.5 Å². The lowest BCUT2D eigenvalue weighted by Gasteiger charge is -2.30. The molecule has 3 rings (SSSR count). The standard InChI is InChI=1S/C30H40N8O8/c31-21(17-39)27(43)37(29(45)23-5-1-3-13-33-23)15-11-25(41)35-19-7-9-20(10-8-19)36-26(42)12-16-38(28(44)22(32)18-40)30(46)24-6-2-4-14-34-24/h1-6,13-14,19-22,39-40H,7-12,15-18,31-32H2,(H,35,41)(H,36,42)/t19?,20?,21-,22-/m0/s1. The van der Waals surface area contributed by atoms with Crippen molar-refractivity contribution in [2.45, 2.75) is 62.7 Å². The van der Waals surface area contributed by atoms with E-state index in [9.17, 15) is 39.0 Å². The Labute approximate surface area is 265 Å². The fraction of sp³-hybridized carbons (Fsp3) is 0.467. The molecule has 6 amide bonds. The van der Waals surface area contributed by atoms with Gasteiger partial charge >= 0.3 is 0 Å². The van der Waals surface area contributed by atoms with Crippen LogP contribution in [0.2, 0.25) is 0 Å². The smallest absolute Gasteiger partial charge is 0.279 e. The number of aromatic nitrogens is 2. The number of carbonyl (C=O) groups is 6. The van der Waals surface area contributed by atoms with Crippen molar-refractivity contribution < 1.29 is 39.0 Å². The molecule has 8 N–H and O–H groups in total. The highest BCUT2D eigenvalue weighted by molar-refractivity contribution is 6.06. The largest absolute Gasteiger partial charge is 0.394 e. The van der Waals surface area contributed by atoms with Crippen LogP contribution in [-0.2, 0) is 19.2 Å². The maximum Gasteiger partial charge on any atom is 0.279 e. The van der Waals surface area contributed by atoms with Gasteiger partial charge in [-0.1, -0.05) is 12.1 Å². The maximum atomic E-state index is 12.9. The summed E-state index contributed by atoms with van der Waals surface area (Å²) >= 11 is 0. The van der Waals surface area contributed by atoms with Gasteiger partial charge in [0.25, 0.3) is 11.8 Å². The van der Waals surface area contributed by atoms with E-state index in [4.69, 9.17) is 11.5 Å². The van der Waals surface area contributed by atoms with Crippen molar-refractivity contribution in [1.82, 2.24) is 30.4 Å². The number of imide groups is 2. The van der Waals surface area contributed by atoms with Crippen molar-refractivity contribution in [3.05, 3.63) is 60.2 Å². The predicted molar refractivity (Wildman–Crippen MR) is 162 cm³/mol. The average molecular weight is 641 g/mol. The van der Waals surface area contributed by atoms with Crippen molar-refractivity contribution in [1.29, 1.82) is 0 Å². The van der Waals surface area contributed by atoms with E-state index in [-0.39, 0.29) is 61.2 Å². The molecular weight excluding hydrogens is 600 g/mol. The number of carbonyl (C=O) groups excluding carboxylic acids is 6. The maximum absolute atomic E-state index is 12.9. The van der Waals surface area contributed by atoms with Crippen LogP contribution in [0.3, 0.4) is 0 Å². The van der Waals surface area contributed by atoms with Crippen molar-refractivity contribution >= 4 is 35.4 Å². The first kappa shape index (κ1) is 35.8. The molecule has 2 aromatic rings. The zero-order valence-corrected chi connectivity index (χ0v) is 25.3. The second kappa shape index (κ2) is 17.7. The average Bonchev–Trinajstić information content (AvgIpc) is 3.08. The Balaban J connectivity index is 1.47.